The molecule has 1 aliphatic heterocycles. The van der Waals surface area contributed by atoms with Crippen LogP contribution in [0.2, 0.25) is 0 Å². The fraction of sp³-hybridized carbons (Fsp3) is 0.750. The summed E-state index contributed by atoms with van der Waals surface area (Å²) in [5.41, 5.74) is 1.76. The Balaban J connectivity index is 2.24. The van der Waals surface area contributed by atoms with Gasteiger partial charge in [-0.1, -0.05) is 23.3 Å². The highest BCUT2D eigenvalue weighted by molar-refractivity contribution is 5.66. The van der Waals surface area contributed by atoms with Crippen LogP contribution in [0, 0.1) is 5.92 Å². The Morgan fingerprint density at radius 3 is 2.45 bits per heavy atom. The molecule has 1 saturated heterocycles. The van der Waals surface area contributed by atoms with Gasteiger partial charge in [0.2, 0.25) is 0 Å². The summed E-state index contributed by atoms with van der Waals surface area (Å²) in [6, 6.07) is 0. The van der Waals surface area contributed by atoms with Crippen LogP contribution < -0.4 is 0 Å². The molecule has 0 saturated carbocycles. The number of hydrogen-bond donors (Lipinski definition) is 0. The van der Waals surface area contributed by atoms with E-state index in [2.05, 4.69) is 32.9 Å². The first-order valence-electron chi connectivity index (χ1n) is 10.8. The van der Waals surface area contributed by atoms with E-state index in [0.717, 1.165) is 32.1 Å². The summed E-state index contributed by atoms with van der Waals surface area (Å²) in [6.45, 7) is 13.3. The zero-order chi connectivity index (χ0) is 21.8. The summed E-state index contributed by atoms with van der Waals surface area (Å²) in [6.07, 6.45) is 9.45. The first-order valence-corrected chi connectivity index (χ1v) is 10.8. The third-order valence-electron chi connectivity index (χ3n) is 6.28. The highest BCUT2D eigenvalue weighted by Crippen LogP contribution is 2.45. The van der Waals surface area contributed by atoms with Crippen molar-refractivity contribution in [3.63, 3.8) is 0 Å². The zero-order valence-corrected chi connectivity index (χ0v) is 19.2. The monoisotopic (exact) mass is 406 g/mol. The minimum Gasteiger partial charge on any atom is -0.460 e. The van der Waals surface area contributed by atoms with Gasteiger partial charge in [-0.25, -0.2) is 0 Å². The highest BCUT2D eigenvalue weighted by Gasteiger charge is 2.56. The van der Waals surface area contributed by atoms with E-state index < -0.39 is 5.60 Å². The van der Waals surface area contributed by atoms with Gasteiger partial charge in [0.05, 0.1) is 5.60 Å². The summed E-state index contributed by atoms with van der Waals surface area (Å²) < 4.78 is 17.3. The Kier molecular flexibility index (Phi) is 7.72. The van der Waals surface area contributed by atoms with Crippen molar-refractivity contribution in [3.05, 3.63) is 23.3 Å². The van der Waals surface area contributed by atoms with Crippen LogP contribution in [0.5, 0.6) is 0 Å². The highest BCUT2D eigenvalue weighted by atomic mass is 16.6. The van der Waals surface area contributed by atoms with Gasteiger partial charge in [-0.2, -0.15) is 0 Å². The minimum absolute atomic E-state index is 0.0559. The number of epoxide rings is 1. The number of ether oxygens (including phenoxy) is 3. The molecule has 5 heteroatoms. The van der Waals surface area contributed by atoms with E-state index in [0.29, 0.717) is 6.42 Å². The van der Waals surface area contributed by atoms with Gasteiger partial charge in [0.1, 0.15) is 17.8 Å². The predicted octanol–water partition coefficient (Wildman–Crippen LogP) is 5.28. The van der Waals surface area contributed by atoms with Crippen molar-refractivity contribution >= 4 is 11.9 Å². The molecule has 164 valence electrons. The van der Waals surface area contributed by atoms with Gasteiger partial charge < -0.3 is 14.2 Å². The van der Waals surface area contributed by atoms with Gasteiger partial charge >= 0.3 is 11.9 Å². The first-order chi connectivity index (χ1) is 13.4. The summed E-state index contributed by atoms with van der Waals surface area (Å²) in [4.78, 5) is 23.2. The Morgan fingerprint density at radius 1 is 1.14 bits per heavy atom. The molecule has 29 heavy (non-hydrogen) atoms. The van der Waals surface area contributed by atoms with Crippen LogP contribution in [0.4, 0.5) is 0 Å². The Morgan fingerprint density at radius 2 is 1.83 bits per heavy atom. The van der Waals surface area contributed by atoms with Gasteiger partial charge in [-0.15, -0.1) is 0 Å². The number of carbonyl (C=O) groups excluding carboxylic acids is 2. The van der Waals surface area contributed by atoms with Crippen molar-refractivity contribution in [2.24, 2.45) is 5.92 Å². The van der Waals surface area contributed by atoms with Crippen LogP contribution in [0.25, 0.3) is 0 Å². The molecule has 5 nitrogen and oxygen atoms in total. The van der Waals surface area contributed by atoms with E-state index >= 15 is 0 Å². The molecule has 1 fully saturated rings. The maximum Gasteiger partial charge on any atom is 0.303 e. The normalized spacial score (nSPS) is 31.5. The molecule has 0 aromatic heterocycles. The number of esters is 2. The van der Waals surface area contributed by atoms with Crippen LogP contribution in [0.1, 0.15) is 87.0 Å². The third-order valence-corrected chi connectivity index (χ3v) is 6.28. The molecule has 0 aromatic rings. The first kappa shape index (κ1) is 23.7. The van der Waals surface area contributed by atoms with Crippen molar-refractivity contribution in [1.82, 2.24) is 0 Å². The van der Waals surface area contributed by atoms with Gasteiger partial charge in [0.25, 0.3) is 0 Å². The second kappa shape index (κ2) is 9.46. The summed E-state index contributed by atoms with van der Waals surface area (Å²) in [7, 11) is 0. The summed E-state index contributed by atoms with van der Waals surface area (Å²) in [5.74, 6) is -0.309. The van der Waals surface area contributed by atoms with E-state index in [-0.39, 0.29) is 35.7 Å². The molecule has 0 spiro atoms. The van der Waals surface area contributed by atoms with E-state index in [1.54, 1.807) is 0 Å². The van der Waals surface area contributed by atoms with E-state index in [1.165, 1.54) is 25.0 Å². The van der Waals surface area contributed by atoms with Crippen molar-refractivity contribution in [3.8, 4) is 0 Å². The van der Waals surface area contributed by atoms with Crippen LogP contribution in [-0.2, 0) is 23.8 Å². The molecular weight excluding hydrogens is 368 g/mol. The maximum absolute atomic E-state index is 11.6. The number of rotatable bonds is 3. The molecule has 4 unspecified atom stereocenters. The van der Waals surface area contributed by atoms with Crippen molar-refractivity contribution < 1.29 is 23.8 Å². The maximum atomic E-state index is 11.6. The second-order valence-corrected chi connectivity index (χ2v) is 9.51. The standard InChI is InChI=1S/C24H38O5/c1-16-9-8-14-24(7)22(29-24)21(27-18(3)25)15-17(2)11-13-20(12-10-16)23(5,6)28-19(4)26/h9,11,20-22H,8,10,12-15H2,1-7H3. The molecule has 0 aromatic carbocycles. The molecule has 2 aliphatic rings. The molecule has 4 atom stereocenters. The van der Waals surface area contributed by atoms with Crippen LogP contribution in [0.15, 0.2) is 23.3 Å². The molecule has 1 heterocycles. The smallest absolute Gasteiger partial charge is 0.303 e. The molecule has 2 rings (SSSR count). The van der Waals surface area contributed by atoms with Gasteiger partial charge in [-0.05, 0) is 66.7 Å². The summed E-state index contributed by atoms with van der Waals surface area (Å²) >= 11 is 0. The fourth-order valence-corrected chi connectivity index (χ4v) is 4.41. The largest absolute Gasteiger partial charge is 0.460 e. The van der Waals surface area contributed by atoms with E-state index in [9.17, 15) is 9.59 Å². The summed E-state index contributed by atoms with van der Waals surface area (Å²) in [5, 5.41) is 0. The predicted molar refractivity (Wildman–Crippen MR) is 113 cm³/mol. The van der Waals surface area contributed by atoms with Gasteiger partial charge in [0.15, 0.2) is 0 Å². The van der Waals surface area contributed by atoms with Crippen LogP contribution in [0.3, 0.4) is 0 Å². The van der Waals surface area contributed by atoms with Crippen molar-refractivity contribution in [2.45, 2.75) is 110 Å². The minimum atomic E-state index is -0.534. The average Bonchev–Trinajstić information content (AvgIpc) is 3.23. The number of allylic oxidation sites excluding steroid dienone is 3. The van der Waals surface area contributed by atoms with Gasteiger partial charge in [-0.3, -0.25) is 9.59 Å². The van der Waals surface area contributed by atoms with E-state index in [1.807, 2.05) is 13.8 Å². The van der Waals surface area contributed by atoms with Crippen molar-refractivity contribution in [1.29, 1.82) is 0 Å². The molecule has 0 amide bonds. The molecule has 1 aliphatic carbocycles. The third kappa shape index (κ3) is 6.98. The second-order valence-electron chi connectivity index (χ2n) is 9.51. The number of carbonyl (C=O) groups is 2. The van der Waals surface area contributed by atoms with Crippen LogP contribution >= 0.6 is 0 Å². The Labute approximate surface area is 175 Å². The lowest BCUT2D eigenvalue weighted by Crippen LogP contribution is -2.36. The molecular formula is C24H38O5. The number of fused-ring (bicyclic) bond motifs is 1. The topological polar surface area (TPSA) is 65.1 Å². The lowest BCUT2D eigenvalue weighted by atomic mass is 9.82. The fourth-order valence-electron chi connectivity index (χ4n) is 4.41. The number of hydrogen-bond acceptors (Lipinski definition) is 5. The average molecular weight is 407 g/mol. The Hall–Kier alpha value is -1.62. The SMILES string of the molecule is CC(=O)OC1CC(C)=CCC(C(C)(C)OC(C)=O)CCC(C)=CCCC2(C)OC12. The van der Waals surface area contributed by atoms with Crippen LogP contribution in [-0.4, -0.2) is 35.3 Å². The Bertz CT molecular complexity index is 675. The lowest BCUT2D eigenvalue weighted by molar-refractivity contribution is -0.159. The quantitative estimate of drug-likeness (QED) is 0.362. The molecule has 0 radical (unpaired) electrons. The van der Waals surface area contributed by atoms with Crippen molar-refractivity contribution in [2.75, 3.05) is 0 Å². The molecule has 0 N–H and O–H groups in total. The molecule has 0 bridgehead atoms. The van der Waals surface area contributed by atoms with Gasteiger partial charge in [0, 0.05) is 26.2 Å². The lowest BCUT2D eigenvalue weighted by Gasteiger charge is -2.33. The van der Waals surface area contributed by atoms with E-state index in [4.69, 9.17) is 14.2 Å². The zero-order valence-electron chi connectivity index (χ0n) is 19.2.